The Hall–Kier alpha value is -3.36. The second kappa shape index (κ2) is 6.86. The molecular formula is C22H19N7S. The molecule has 148 valence electrons. The van der Waals surface area contributed by atoms with Crippen molar-refractivity contribution in [3.63, 3.8) is 0 Å². The number of H-pyrrole nitrogens is 2. The maximum Gasteiger partial charge on any atom is 0.159 e. The van der Waals surface area contributed by atoms with Gasteiger partial charge < -0.3 is 10.3 Å². The summed E-state index contributed by atoms with van der Waals surface area (Å²) in [5.74, 6) is 0.732. The van der Waals surface area contributed by atoms with E-state index in [1.54, 1.807) is 11.3 Å². The molecule has 0 radical (unpaired) electrons. The smallest absolute Gasteiger partial charge is 0.159 e. The van der Waals surface area contributed by atoms with E-state index in [2.05, 4.69) is 61.7 Å². The third kappa shape index (κ3) is 2.84. The molecule has 8 heteroatoms. The maximum absolute atomic E-state index is 4.89. The first-order valence-corrected chi connectivity index (χ1v) is 10.7. The lowest BCUT2D eigenvalue weighted by atomic mass is 10.0. The van der Waals surface area contributed by atoms with Crippen LogP contribution in [0.5, 0.6) is 0 Å². The summed E-state index contributed by atoms with van der Waals surface area (Å²) in [4.78, 5) is 19.9. The molecule has 1 aliphatic rings. The second-order valence-electron chi connectivity index (χ2n) is 7.42. The highest BCUT2D eigenvalue weighted by Gasteiger charge is 2.18. The van der Waals surface area contributed by atoms with Gasteiger partial charge >= 0.3 is 0 Å². The van der Waals surface area contributed by atoms with Crippen LogP contribution in [0.2, 0.25) is 0 Å². The van der Waals surface area contributed by atoms with Gasteiger partial charge in [-0.3, -0.25) is 15.1 Å². The van der Waals surface area contributed by atoms with Crippen LogP contribution >= 0.6 is 11.3 Å². The molecule has 0 bridgehead atoms. The third-order valence-corrected chi connectivity index (χ3v) is 6.45. The van der Waals surface area contributed by atoms with Crippen molar-refractivity contribution in [2.24, 2.45) is 0 Å². The summed E-state index contributed by atoms with van der Waals surface area (Å²) in [5.41, 5.74) is 6.68. The van der Waals surface area contributed by atoms with Gasteiger partial charge in [-0.25, -0.2) is 4.98 Å². The largest absolute Gasteiger partial charge is 0.336 e. The van der Waals surface area contributed by atoms with Crippen molar-refractivity contribution < 1.29 is 0 Å². The zero-order valence-electron chi connectivity index (χ0n) is 16.4. The lowest BCUT2D eigenvalue weighted by Gasteiger charge is -2.13. The number of hydrogen-bond donors (Lipinski definition) is 3. The highest BCUT2D eigenvalue weighted by molar-refractivity contribution is 7.15. The van der Waals surface area contributed by atoms with Crippen LogP contribution in [0.25, 0.3) is 49.6 Å². The van der Waals surface area contributed by atoms with Gasteiger partial charge in [-0.1, -0.05) is 6.08 Å². The Morgan fingerprint density at radius 1 is 1.07 bits per heavy atom. The molecular weight excluding hydrogens is 394 g/mol. The Morgan fingerprint density at radius 2 is 2.03 bits per heavy atom. The number of thiophene rings is 1. The summed E-state index contributed by atoms with van der Waals surface area (Å²) in [5, 5.41) is 12.0. The molecule has 0 spiro atoms. The van der Waals surface area contributed by atoms with E-state index in [-0.39, 0.29) is 0 Å². The van der Waals surface area contributed by atoms with E-state index in [1.165, 1.54) is 10.5 Å². The Labute approximate surface area is 176 Å². The predicted octanol–water partition coefficient (Wildman–Crippen LogP) is 4.31. The Morgan fingerprint density at radius 3 is 2.87 bits per heavy atom. The summed E-state index contributed by atoms with van der Waals surface area (Å²) in [6.07, 6.45) is 6.86. The summed E-state index contributed by atoms with van der Waals surface area (Å²) >= 11 is 1.72. The number of fused-ring (bicyclic) bond motifs is 2. The van der Waals surface area contributed by atoms with Crippen molar-refractivity contribution >= 4 is 38.8 Å². The minimum absolute atomic E-state index is 0.732. The summed E-state index contributed by atoms with van der Waals surface area (Å²) in [6.45, 7) is 3.96. The molecule has 3 N–H and O–H groups in total. The molecule has 6 rings (SSSR count). The van der Waals surface area contributed by atoms with Crippen molar-refractivity contribution in [1.82, 2.24) is 35.5 Å². The Balaban J connectivity index is 1.49. The first-order valence-electron chi connectivity index (χ1n) is 9.92. The second-order valence-corrected chi connectivity index (χ2v) is 8.71. The van der Waals surface area contributed by atoms with Crippen LogP contribution in [-0.2, 0) is 0 Å². The maximum atomic E-state index is 4.89. The summed E-state index contributed by atoms with van der Waals surface area (Å²) in [6, 6.07) is 8.28. The van der Waals surface area contributed by atoms with Crippen LogP contribution in [0.3, 0.4) is 0 Å². The van der Waals surface area contributed by atoms with Crippen LogP contribution in [0.15, 0.2) is 42.7 Å². The molecule has 5 aromatic heterocycles. The molecule has 0 saturated heterocycles. The van der Waals surface area contributed by atoms with Crippen LogP contribution in [0.1, 0.15) is 17.0 Å². The van der Waals surface area contributed by atoms with Gasteiger partial charge in [-0.05, 0) is 49.7 Å². The van der Waals surface area contributed by atoms with Gasteiger partial charge in [0, 0.05) is 23.0 Å². The quantitative estimate of drug-likeness (QED) is 0.410. The molecule has 0 fully saturated rings. The fourth-order valence-corrected chi connectivity index (χ4v) is 4.78. The topological polar surface area (TPSA) is 95.2 Å². The first kappa shape index (κ1) is 17.5. The van der Waals surface area contributed by atoms with Gasteiger partial charge in [-0.2, -0.15) is 5.10 Å². The molecule has 6 heterocycles. The number of nitrogens with one attached hydrogen (secondary N) is 3. The first-order chi connectivity index (χ1) is 14.8. The molecule has 30 heavy (non-hydrogen) atoms. The summed E-state index contributed by atoms with van der Waals surface area (Å²) in [7, 11) is 0. The van der Waals surface area contributed by atoms with Crippen molar-refractivity contribution in [1.29, 1.82) is 0 Å². The van der Waals surface area contributed by atoms with E-state index < -0.39 is 0 Å². The molecule has 0 aliphatic carbocycles. The van der Waals surface area contributed by atoms with Crippen LogP contribution < -0.4 is 5.32 Å². The lowest BCUT2D eigenvalue weighted by Crippen LogP contribution is -2.20. The van der Waals surface area contributed by atoms with E-state index in [1.807, 2.05) is 18.5 Å². The van der Waals surface area contributed by atoms with Gasteiger partial charge in [0.2, 0.25) is 0 Å². The molecule has 0 atom stereocenters. The molecule has 0 unspecified atom stereocenters. The van der Waals surface area contributed by atoms with Crippen LogP contribution in [-0.4, -0.2) is 43.2 Å². The van der Waals surface area contributed by atoms with Crippen molar-refractivity contribution in [2.75, 3.05) is 13.1 Å². The average Bonchev–Trinajstić information content (AvgIpc) is 3.51. The van der Waals surface area contributed by atoms with Crippen molar-refractivity contribution in [3.05, 3.63) is 53.3 Å². The summed E-state index contributed by atoms with van der Waals surface area (Å²) < 4.78 is 0. The van der Waals surface area contributed by atoms with E-state index in [0.717, 1.165) is 69.2 Å². The number of rotatable bonds is 3. The third-order valence-electron chi connectivity index (χ3n) is 5.44. The normalized spacial score (nSPS) is 14.5. The van der Waals surface area contributed by atoms with Crippen LogP contribution in [0.4, 0.5) is 0 Å². The zero-order chi connectivity index (χ0) is 20.1. The van der Waals surface area contributed by atoms with Gasteiger partial charge in [0.05, 0.1) is 27.8 Å². The van der Waals surface area contributed by atoms with Crippen LogP contribution in [0, 0.1) is 6.92 Å². The number of hydrogen-bond acceptors (Lipinski definition) is 6. The van der Waals surface area contributed by atoms with E-state index >= 15 is 0 Å². The van der Waals surface area contributed by atoms with E-state index in [4.69, 9.17) is 4.98 Å². The molecule has 5 aromatic rings. The number of aryl methyl sites for hydroxylation is 1. The SMILES string of the molecule is Cc1ccc(-c2nccc3[nH]c(-c4n[nH]c5cnc(C6=CCNCC6)cc45)nc23)s1. The number of aromatic nitrogens is 6. The minimum atomic E-state index is 0.732. The number of imidazole rings is 1. The van der Waals surface area contributed by atoms with Gasteiger partial charge in [0.1, 0.15) is 16.9 Å². The number of pyridine rings is 2. The van der Waals surface area contributed by atoms with Gasteiger partial charge in [0.15, 0.2) is 5.82 Å². The number of nitrogens with zero attached hydrogens (tertiary/aromatic N) is 4. The Bertz CT molecular complexity index is 1420. The predicted molar refractivity (Wildman–Crippen MR) is 120 cm³/mol. The highest BCUT2D eigenvalue weighted by Crippen LogP contribution is 2.33. The average molecular weight is 414 g/mol. The molecule has 0 saturated carbocycles. The standard InChI is InChI=1S/C22H19N7S/c1-12-2-3-18(30-12)21-20-15(6-9-24-21)26-22(27-20)19-14-10-16(13-4-7-23-8-5-13)25-11-17(14)28-29-19/h2-4,6,9-11,23H,5,7-8H2,1H3,(H,26,27)(H,28,29). The van der Waals surface area contributed by atoms with Crippen molar-refractivity contribution in [3.8, 4) is 22.1 Å². The minimum Gasteiger partial charge on any atom is -0.336 e. The highest BCUT2D eigenvalue weighted by atomic mass is 32.1. The fourth-order valence-electron chi connectivity index (χ4n) is 3.92. The fraction of sp³-hybridized carbons (Fsp3) is 0.182. The monoisotopic (exact) mass is 413 g/mol. The van der Waals surface area contributed by atoms with E-state index in [9.17, 15) is 0 Å². The Kier molecular flexibility index (Phi) is 4.00. The molecule has 1 aliphatic heterocycles. The van der Waals surface area contributed by atoms with E-state index in [0.29, 0.717) is 0 Å². The zero-order valence-corrected chi connectivity index (χ0v) is 17.2. The van der Waals surface area contributed by atoms with Gasteiger partial charge in [-0.15, -0.1) is 11.3 Å². The number of aromatic amines is 2. The molecule has 7 nitrogen and oxygen atoms in total. The molecule has 0 aromatic carbocycles. The van der Waals surface area contributed by atoms with Crippen molar-refractivity contribution in [2.45, 2.75) is 13.3 Å². The van der Waals surface area contributed by atoms with Gasteiger partial charge in [0.25, 0.3) is 0 Å². The lowest BCUT2D eigenvalue weighted by molar-refractivity contribution is 0.737. The molecule has 0 amide bonds.